The number of rotatable bonds is 11. The van der Waals surface area contributed by atoms with Crippen molar-refractivity contribution < 1.29 is 9.53 Å². The van der Waals surface area contributed by atoms with Gasteiger partial charge in [-0.25, -0.2) is 0 Å². The van der Waals surface area contributed by atoms with Gasteiger partial charge in [0, 0.05) is 44.7 Å². The first-order chi connectivity index (χ1) is 17.0. The lowest BCUT2D eigenvalue weighted by Gasteiger charge is -2.07. The summed E-state index contributed by atoms with van der Waals surface area (Å²) in [4.78, 5) is 11.7. The highest BCUT2D eigenvalue weighted by molar-refractivity contribution is 7.79. The number of methoxy groups -OCH3 is 1. The van der Waals surface area contributed by atoms with Crippen LogP contribution in [0.1, 0.15) is 52.3 Å². The first kappa shape index (κ1) is 34.3. The van der Waals surface area contributed by atoms with Gasteiger partial charge in [0.15, 0.2) is 0 Å². The molecule has 0 aliphatic rings. The molecule has 1 amide bonds. The van der Waals surface area contributed by atoms with Crippen LogP contribution in [0.3, 0.4) is 0 Å². The summed E-state index contributed by atoms with van der Waals surface area (Å²) in [7, 11) is 1.66. The Labute approximate surface area is 218 Å². The number of carbonyl (C=O) groups is 1. The average molecular weight is 501 g/mol. The van der Waals surface area contributed by atoms with Gasteiger partial charge >= 0.3 is 0 Å². The van der Waals surface area contributed by atoms with Crippen molar-refractivity contribution in [3.05, 3.63) is 67.3 Å². The van der Waals surface area contributed by atoms with E-state index in [1.54, 1.807) is 25.8 Å². The molecule has 35 heavy (non-hydrogen) atoms. The minimum absolute atomic E-state index is 0.102. The largest absolute Gasteiger partial charge is 0.385 e. The Morgan fingerprint density at radius 1 is 1.26 bits per heavy atom. The summed E-state index contributed by atoms with van der Waals surface area (Å²) < 4.78 is 6.94. The second kappa shape index (κ2) is 25.8. The maximum atomic E-state index is 11.7. The summed E-state index contributed by atoms with van der Waals surface area (Å²) in [5, 5.41) is 11.1. The van der Waals surface area contributed by atoms with Crippen LogP contribution < -0.4 is 5.32 Å². The Kier molecular flexibility index (Phi) is 25.3. The minimum Gasteiger partial charge on any atom is -0.385 e. The third-order valence-corrected chi connectivity index (χ3v) is 4.30. The fourth-order valence-corrected chi connectivity index (χ4v) is 2.68. The van der Waals surface area contributed by atoms with Crippen LogP contribution in [-0.4, -0.2) is 47.2 Å². The Morgan fingerprint density at radius 2 is 1.91 bits per heavy atom. The van der Waals surface area contributed by atoms with Crippen LogP contribution in [0.2, 0.25) is 0 Å². The van der Waals surface area contributed by atoms with E-state index in [4.69, 9.17) is 11.2 Å². The van der Waals surface area contributed by atoms with Crippen LogP contribution in [0.5, 0.6) is 0 Å². The zero-order valence-electron chi connectivity index (χ0n) is 22.1. The predicted octanol–water partition coefficient (Wildman–Crippen LogP) is 5.70. The van der Waals surface area contributed by atoms with Crippen LogP contribution in [0.15, 0.2) is 61.5 Å². The Balaban J connectivity index is 0. The first-order valence-electron chi connectivity index (χ1n) is 11.8. The molecular weight excluding hydrogens is 456 g/mol. The van der Waals surface area contributed by atoms with E-state index in [1.165, 1.54) is 0 Å². The van der Waals surface area contributed by atoms with Gasteiger partial charge < -0.3 is 10.1 Å². The van der Waals surface area contributed by atoms with Crippen molar-refractivity contribution >= 4 is 18.5 Å². The van der Waals surface area contributed by atoms with Gasteiger partial charge in [0.1, 0.15) is 12.2 Å². The predicted molar refractivity (Wildman–Crippen MR) is 152 cm³/mol. The molecule has 0 fully saturated rings. The Hall–Kier alpha value is -2.82. The highest BCUT2D eigenvalue weighted by atomic mass is 32.1. The summed E-state index contributed by atoms with van der Waals surface area (Å²) in [6.45, 7) is 10.6. The molecule has 1 N–H and O–H groups in total. The molecule has 1 aromatic heterocycles. The van der Waals surface area contributed by atoms with Crippen molar-refractivity contribution in [1.82, 2.24) is 20.1 Å². The van der Waals surface area contributed by atoms with E-state index in [9.17, 15) is 4.79 Å². The third kappa shape index (κ3) is 19.2. The lowest BCUT2D eigenvalue weighted by Crippen LogP contribution is -2.24. The number of allylic oxidation sites excluding steroid dienone is 3. The normalized spacial score (nSPS) is 10.3. The number of terminal acetylenes is 1. The van der Waals surface area contributed by atoms with Gasteiger partial charge in [0.05, 0.1) is 0 Å². The molecule has 1 unspecified atom stereocenters. The van der Waals surface area contributed by atoms with Gasteiger partial charge in [-0.2, -0.15) is 12.6 Å². The summed E-state index contributed by atoms with van der Waals surface area (Å²) in [6, 6.07) is 10.0. The molecule has 1 atom stereocenters. The summed E-state index contributed by atoms with van der Waals surface area (Å²) in [5.41, 5.74) is 1.06. The maximum absolute atomic E-state index is 11.7. The SMILES string of the molecule is C#CC(C)/C=C\C.C=CC.COCCCNC(=O)CCCCc1nncn1-c1ccccc1.CS. The number of unbranched alkanes of at least 4 members (excludes halogenated alkanes) is 1. The van der Waals surface area contributed by atoms with Crippen molar-refractivity contribution in [2.75, 3.05) is 26.5 Å². The summed E-state index contributed by atoms with van der Waals surface area (Å²) in [5.74, 6) is 3.91. The van der Waals surface area contributed by atoms with E-state index in [-0.39, 0.29) is 5.91 Å². The third-order valence-electron chi connectivity index (χ3n) is 4.30. The highest BCUT2D eigenvalue weighted by Gasteiger charge is 2.07. The van der Waals surface area contributed by atoms with E-state index in [0.717, 1.165) is 37.2 Å². The smallest absolute Gasteiger partial charge is 0.219 e. The van der Waals surface area contributed by atoms with Gasteiger partial charge in [-0.15, -0.1) is 23.2 Å². The zero-order chi connectivity index (χ0) is 26.7. The number of aromatic nitrogens is 3. The fourth-order valence-electron chi connectivity index (χ4n) is 2.68. The Morgan fingerprint density at radius 3 is 2.46 bits per heavy atom. The molecule has 2 rings (SSSR count). The number of aryl methyl sites for hydroxylation is 1. The number of nitrogens with zero attached hydrogens (tertiary/aromatic N) is 3. The molecule has 6 nitrogen and oxygen atoms in total. The monoisotopic (exact) mass is 500 g/mol. The number of thiol groups is 1. The molecule has 0 saturated carbocycles. The van der Waals surface area contributed by atoms with E-state index in [1.807, 2.05) is 67.8 Å². The standard InChI is InChI=1S/C17H24N4O2.C7H10.C3H6.CH4S/c1-23-13-7-12-18-17(22)11-6-5-10-16-20-19-14-21(16)15-8-3-2-4-9-15;1-4-6-7(3)5-2;1-3-2;1-2/h2-4,8-9,14H,5-7,10-13H2,1H3,(H,18,22);2,4,6-7H,1,3H3;3H,1H2,2H3;2H,1H3/b;6-4-;;. The number of benzene rings is 1. The van der Waals surface area contributed by atoms with Crippen molar-refractivity contribution in [3.8, 4) is 18.0 Å². The van der Waals surface area contributed by atoms with Crippen molar-refractivity contribution in [2.24, 2.45) is 5.92 Å². The second-order valence-electron chi connectivity index (χ2n) is 7.25. The second-order valence-corrected chi connectivity index (χ2v) is 7.25. The number of carbonyl (C=O) groups excluding carboxylic acids is 1. The average Bonchev–Trinajstić information content (AvgIpc) is 3.36. The quantitative estimate of drug-likeness (QED) is 0.180. The minimum atomic E-state index is 0.102. The van der Waals surface area contributed by atoms with E-state index < -0.39 is 0 Å². The molecule has 1 heterocycles. The number of nitrogens with one attached hydrogen (secondary N) is 1. The van der Waals surface area contributed by atoms with Gasteiger partial charge in [-0.1, -0.05) is 42.3 Å². The molecular formula is C28H44N4O2S. The fraction of sp³-hybridized carbons (Fsp3) is 0.464. The maximum Gasteiger partial charge on any atom is 0.219 e. The summed E-state index contributed by atoms with van der Waals surface area (Å²) in [6.07, 6.45) is 18.1. The molecule has 0 saturated heterocycles. The van der Waals surface area contributed by atoms with Crippen molar-refractivity contribution in [1.29, 1.82) is 0 Å². The first-order valence-corrected chi connectivity index (χ1v) is 12.7. The van der Waals surface area contributed by atoms with Gasteiger partial charge in [0.25, 0.3) is 0 Å². The van der Waals surface area contributed by atoms with E-state index in [2.05, 4.69) is 40.6 Å². The zero-order valence-corrected chi connectivity index (χ0v) is 23.0. The number of ether oxygens (including phenoxy) is 1. The van der Waals surface area contributed by atoms with Gasteiger partial charge in [-0.3, -0.25) is 9.36 Å². The molecule has 0 spiro atoms. The van der Waals surface area contributed by atoms with Crippen LogP contribution >= 0.6 is 12.6 Å². The van der Waals surface area contributed by atoms with Crippen LogP contribution in [0.4, 0.5) is 0 Å². The number of para-hydroxylation sites is 1. The Bertz CT molecular complexity index is 829. The van der Waals surface area contributed by atoms with Crippen LogP contribution in [0, 0.1) is 18.3 Å². The van der Waals surface area contributed by atoms with Gasteiger partial charge in [0.2, 0.25) is 5.91 Å². The topological polar surface area (TPSA) is 69.0 Å². The molecule has 0 aliphatic heterocycles. The van der Waals surface area contributed by atoms with E-state index in [0.29, 0.717) is 25.5 Å². The van der Waals surface area contributed by atoms with Crippen molar-refractivity contribution in [3.63, 3.8) is 0 Å². The molecule has 0 bridgehead atoms. The number of amides is 1. The van der Waals surface area contributed by atoms with Crippen molar-refractivity contribution in [2.45, 2.75) is 52.9 Å². The lowest BCUT2D eigenvalue weighted by atomic mass is 10.1. The molecule has 0 aliphatic carbocycles. The lowest BCUT2D eigenvalue weighted by molar-refractivity contribution is -0.121. The molecule has 1 aromatic carbocycles. The molecule has 2 aromatic rings. The highest BCUT2D eigenvalue weighted by Crippen LogP contribution is 2.11. The number of hydrogen-bond donors (Lipinski definition) is 2. The number of hydrogen-bond acceptors (Lipinski definition) is 5. The summed E-state index contributed by atoms with van der Waals surface area (Å²) >= 11 is 3.53. The molecule has 194 valence electrons. The van der Waals surface area contributed by atoms with Crippen LogP contribution in [0.25, 0.3) is 5.69 Å². The van der Waals surface area contributed by atoms with Crippen LogP contribution in [-0.2, 0) is 16.0 Å². The van der Waals surface area contributed by atoms with E-state index >= 15 is 0 Å². The van der Waals surface area contributed by atoms with Gasteiger partial charge in [-0.05, 0) is 58.4 Å². The molecule has 7 heteroatoms. The molecule has 0 radical (unpaired) electrons.